The first-order valence-electron chi connectivity index (χ1n) is 9.25. The summed E-state index contributed by atoms with van der Waals surface area (Å²) >= 11 is 0. The number of rotatable bonds is 11. The largest absolute Gasteiger partial charge is 0.493 e. The van der Waals surface area contributed by atoms with Crippen molar-refractivity contribution in [2.45, 2.75) is 29.6 Å². The predicted octanol–water partition coefficient (Wildman–Crippen LogP) is 2.03. The molecule has 0 amide bonds. The van der Waals surface area contributed by atoms with Crippen molar-refractivity contribution < 1.29 is 30.6 Å². The zero-order valence-corrected chi connectivity index (χ0v) is 20.0. The van der Waals surface area contributed by atoms with Crippen molar-refractivity contribution in [1.82, 2.24) is 5.48 Å². The van der Waals surface area contributed by atoms with Gasteiger partial charge in [0.2, 0.25) is 5.96 Å². The number of hydrogen-bond acceptors (Lipinski definition) is 8. The highest BCUT2D eigenvalue weighted by atomic mass is 35.5. The van der Waals surface area contributed by atoms with Gasteiger partial charge in [-0.1, -0.05) is 19.1 Å². The van der Waals surface area contributed by atoms with Gasteiger partial charge in [0, 0.05) is 18.7 Å². The average molecular weight is 508 g/mol. The fraction of sp³-hybridized carbons (Fsp3) is 0.316. The Hall–Kier alpha value is -2.54. The topological polar surface area (TPSA) is 158 Å². The standard InChI is InChI=1S/C19H25N3O7S2.ClH/c1-3-14-11-15(27-9-6-10-28-22-19(20)21)13-16(12-14)29-31(25,26)18-8-5-4-7-17(18)30(2,23)24;/h4-5,7-8,11-13H,3,6,9-10H2,1-2H3,(H4,20,21,22);1H. The lowest BCUT2D eigenvalue weighted by Crippen LogP contribution is -2.30. The van der Waals surface area contributed by atoms with Crippen molar-refractivity contribution in [3.05, 3.63) is 48.0 Å². The van der Waals surface area contributed by atoms with Gasteiger partial charge in [-0.15, -0.1) is 12.4 Å². The maximum absolute atomic E-state index is 12.8. The van der Waals surface area contributed by atoms with Gasteiger partial charge in [0.1, 0.15) is 16.4 Å². The smallest absolute Gasteiger partial charge is 0.340 e. The number of nitrogens with one attached hydrogen (secondary N) is 2. The molecular formula is C19H26ClN3O7S2. The van der Waals surface area contributed by atoms with E-state index in [2.05, 4.69) is 5.48 Å². The van der Waals surface area contributed by atoms with Gasteiger partial charge in [-0.05, 0) is 36.2 Å². The van der Waals surface area contributed by atoms with Gasteiger partial charge in [-0.3, -0.25) is 10.2 Å². The number of benzene rings is 2. The Morgan fingerprint density at radius 3 is 2.25 bits per heavy atom. The SMILES string of the molecule is CCc1cc(OCCCONC(=N)N)cc(OS(=O)(=O)c2ccccc2S(C)(=O)=O)c1.Cl. The molecule has 0 fully saturated rings. The highest BCUT2D eigenvalue weighted by Crippen LogP contribution is 2.28. The monoisotopic (exact) mass is 507 g/mol. The van der Waals surface area contributed by atoms with E-state index >= 15 is 0 Å². The Bertz CT molecular complexity index is 1140. The van der Waals surface area contributed by atoms with Crippen molar-refractivity contribution in [2.24, 2.45) is 5.73 Å². The maximum atomic E-state index is 12.8. The highest BCUT2D eigenvalue weighted by Gasteiger charge is 2.25. The van der Waals surface area contributed by atoms with E-state index in [1.807, 2.05) is 6.92 Å². The van der Waals surface area contributed by atoms with Crippen LogP contribution in [0.2, 0.25) is 0 Å². The molecule has 0 unspecified atom stereocenters. The van der Waals surface area contributed by atoms with Crippen LogP contribution in [0.3, 0.4) is 0 Å². The summed E-state index contributed by atoms with van der Waals surface area (Å²) in [6.45, 7) is 2.39. The summed E-state index contributed by atoms with van der Waals surface area (Å²) in [5.74, 6) is 0.0876. The van der Waals surface area contributed by atoms with Gasteiger partial charge >= 0.3 is 10.1 Å². The van der Waals surface area contributed by atoms with E-state index < -0.39 is 24.9 Å². The Labute approximate surface area is 194 Å². The lowest BCUT2D eigenvalue weighted by molar-refractivity contribution is 0.0733. The van der Waals surface area contributed by atoms with E-state index in [0.29, 0.717) is 18.6 Å². The van der Waals surface area contributed by atoms with Crippen molar-refractivity contribution in [1.29, 1.82) is 5.41 Å². The number of halogens is 1. The number of hydroxylamine groups is 1. The molecule has 0 spiro atoms. The molecule has 2 aromatic carbocycles. The summed E-state index contributed by atoms with van der Waals surface area (Å²) in [4.78, 5) is 4.15. The lowest BCUT2D eigenvalue weighted by Gasteiger charge is -2.13. The number of hydrogen-bond donors (Lipinski definition) is 3. The first kappa shape index (κ1) is 27.5. The molecule has 0 bridgehead atoms. The predicted molar refractivity (Wildman–Crippen MR) is 122 cm³/mol. The number of aryl methyl sites for hydroxylation is 1. The molecule has 0 heterocycles. The molecule has 10 nitrogen and oxygen atoms in total. The first-order chi connectivity index (χ1) is 14.5. The molecule has 13 heteroatoms. The molecule has 0 aliphatic rings. The molecular weight excluding hydrogens is 482 g/mol. The first-order valence-corrected chi connectivity index (χ1v) is 12.5. The van der Waals surface area contributed by atoms with Crippen LogP contribution in [0.5, 0.6) is 11.5 Å². The van der Waals surface area contributed by atoms with Crippen LogP contribution in [-0.2, 0) is 31.2 Å². The van der Waals surface area contributed by atoms with Crippen LogP contribution >= 0.6 is 12.4 Å². The average Bonchev–Trinajstić information content (AvgIpc) is 2.69. The summed E-state index contributed by atoms with van der Waals surface area (Å²) in [6, 6.07) is 9.97. The van der Waals surface area contributed by atoms with E-state index in [9.17, 15) is 16.8 Å². The Kier molecular flexibility index (Phi) is 10.2. The highest BCUT2D eigenvalue weighted by molar-refractivity contribution is 7.92. The van der Waals surface area contributed by atoms with Crippen LogP contribution in [0.1, 0.15) is 18.9 Å². The molecule has 0 saturated heterocycles. The fourth-order valence-corrected chi connectivity index (χ4v) is 5.07. The third-order valence-corrected chi connectivity index (χ3v) is 6.50. The summed E-state index contributed by atoms with van der Waals surface area (Å²) in [5.41, 5.74) is 8.07. The van der Waals surface area contributed by atoms with Crippen molar-refractivity contribution in [3.8, 4) is 11.5 Å². The second-order valence-electron chi connectivity index (χ2n) is 6.49. The second-order valence-corrected chi connectivity index (χ2v) is 9.99. The van der Waals surface area contributed by atoms with Crippen molar-refractivity contribution in [2.75, 3.05) is 19.5 Å². The second kappa shape index (κ2) is 11.9. The van der Waals surface area contributed by atoms with Crippen molar-refractivity contribution in [3.63, 3.8) is 0 Å². The number of guanidine groups is 1. The minimum absolute atomic E-state index is 0. The van der Waals surface area contributed by atoms with Crippen LogP contribution in [0.4, 0.5) is 0 Å². The molecule has 32 heavy (non-hydrogen) atoms. The summed E-state index contributed by atoms with van der Waals surface area (Å²) in [7, 11) is -8.18. The number of sulfone groups is 1. The van der Waals surface area contributed by atoms with E-state index in [1.54, 1.807) is 12.1 Å². The normalized spacial score (nSPS) is 11.3. The minimum Gasteiger partial charge on any atom is -0.493 e. The summed E-state index contributed by atoms with van der Waals surface area (Å²) in [6.07, 6.45) is 2.01. The molecule has 0 saturated carbocycles. The fourth-order valence-electron chi connectivity index (χ4n) is 2.55. The van der Waals surface area contributed by atoms with E-state index in [4.69, 9.17) is 24.9 Å². The Morgan fingerprint density at radius 1 is 1.03 bits per heavy atom. The van der Waals surface area contributed by atoms with Gasteiger partial charge in [0.15, 0.2) is 9.84 Å². The molecule has 4 N–H and O–H groups in total. The maximum Gasteiger partial charge on any atom is 0.340 e. The van der Waals surface area contributed by atoms with Gasteiger partial charge in [0.25, 0.3) is 0 Å². The van der Waals surface area contributed by atoms with Gasteiger partial charge in [-0.2, -0.15) is 8.42 Å². The quantitative estimate of drug-likeness (QED) is 0.136. The molecule has 2 rings (SSSR count). The lowest BCUT2D eigenvalue weighted by atomic mass is 10.1. The summed E-state index contributed by atoms with van der Waals surface area (Å²) < 4.78 is 60.4. The minimum atomic E-state index is -4.40. The Morgan fingerprint density at radius 2 is 1.66 bits per heavy atom. The van der Waals surface area contributed by atoms with E-state index in [1.165, 1.54) is 30.3 Å². The number of ether oxygens (including phenoxy) is 1. The summed E-state index contributed by atoms with van der Waals surface area (Å²) in [5, 5.41) is 6.97. The van der Waals surface area contributed by atoms with Crippen LogP contribution in [-0.4, -0.2) is 42.3 Å². The van der Waals surface area contributed by atoms with Crippen LogP contribution in [0.25, 0.3) is 0 Å². The van der Waals surface area contributed by atoms with Crippen LogP contribution < -0.4 is 20.1 Å². The van der Waals surface area contributed by atoms with Crippen LogP contribution in [0, 0.1) is 5.41 Å². The number of nitrogens with two attached hydrogens (primary N) is 1. The molecule has 0 radical (unpaired) electrons. The van der Waals surface area contributed by atoms with Gasteiger partial charge in [-0.25, -0.2) is 13.9 Å². The molecule has 0 aromatic heterocycles. The molecule has 0 aliphatic carbocycles. The third kappa shape index (κ3) is 8.19. The zero-order valence-electron chi connectivity index (χ0n) is 17.5. The van der Waals surface area contributed by atoms with Crippen molar-refractivity contribution >= 4 is 38.3 Å². The molecule has 2 aromatic rings. The Balaban J connectivity index is 0.00000512. The third-order valence-electron chi connectivity index (χ3n) is 3.91. The van der Waals surface area contributed by atoms with E-state index in [0.717, 1.165) is 11.8 Å². The van der Waals surface area contributed by atoms with Gasteiger partial charge < -0.3 is 14.7 Å². The zero-order chi connectivity index (χ0) is 23.1. The van der Waals surface area contributed by atoms with Crippen LogP contribution in [0.15, 0.2) is 52.3 Å². The van der Waals surface area contributed by atoms with Gasteiger partial charge in [0.05, 0.1) is 18.1 Å². The molecule has 178 valence electrons. The molecule has 0 atom stereocenters. The van der Waals surface area contributed by atoms with E-state index in [-0.39, 0.29) is 42.2 Å². The molecule has 0 aliphatic heterocycles.